The van der Waals surface area contributed by atoms with Gasteiger partial charge in [-0.1, -0.05) is 0 Å². The highest BCUT2D eigenvalue weighted by atomic mass is 127. The second-order valence-electron chi connectivity index (χ2n) is 12.7. The molecule has 1 unspecified atom stereocenters. The van der Waals surface area contributed by atoms with Crippen molar-refractivity contribution >= 4 is 51.1 Å². The third-order valence-electron chi connectivity index (χ3n) is 8.52. The first-order valence-electron chi connectivity index (χ1n) is 13.8. The van der Waals surface area contributed by atoms with Crippen LogP contribution in [0.5, 0.6) is 0 Å². The van der Waals surface area contributed by atoms with Crippen LogP contribution in [0.25, 0.3) is 10.9 Å². The van der Waals surface area contributed by atoms with Crippen LogP contribution in [0.4, 0.5) is 20.7 Å². The minimum Gasteiger partial charge on any atom is -0.444 e. The van der Waals surface area contributed by atoms with E-state index in [0.717, 1.165) is 0 Å². The summed E-state index contributed by atoms with van der Waals surface area (Å²) in [4.78, 5) is 54.3. The maximum absolute atomic E-state index is 14.9. The molecule has 10 nitrogen and oxygen atoms in total. The van der Waals surface area contributed by atoms with E-state index >= 15 is 0 Å². The average Bonchev–Trinajstić information content (AvgIpc) is 3.53. The van der Waals surface area contributed by atoms with Gasteiger partial charge in [-0.3, -0.25) is 23.3 Å². The number of alkyl carbamates (subject to hydrolysis) is 1. The molecule has 218 valence electrons. The summed E-state index contributed by atoms with van der Waals surface area (Å²) < 4.78 is 25.3. The molecular formula is C29H33FIN5O5. The van der Waals surface area contributed by atoms with Crippen molar-refractivity contribution in [2.75, 3.05) is 5.32 Å². The number of carbonyl (C=O) groups is 1. The number of hydrogen-bond acceptors (Lipinski definition) is 6. The number of rotatable bonds is 5. The van der Waals surface area contributed by atoms with Gasteiger partial charge in [-0.25, -0.2) is 14.0 Å². The number of hydrogen-bond donors (Lipinski definition) is 2. The number of aryl methyl sites for hydroxylation is 1. The number of nitrogens with one attached hydrogen (secondary N) is 2. The van der Waals surface area contributed by atoms with Gasteiger partial charge in [-0.15, -0.1) is 0 Å². The summed E-state index contributed by atoms with van der Waals surface area (Å²) in [5, 5.41) is 6.21. The number of fused-ring (bicyclic) bond motifs is 2. The van der Waals surface area contributed by atoms with Crippen LogP contribution in [0.1, 0.15) is 70.5 Å². The van der Waals surface area contributed by atoms with Crippen molar-refractivity contribution < 1.29 is 13.9 Å². The molecule has 1 aromatic carbocycles. The van der Waals surface area contributed by atoms with E-state index < -0.39 is 39.9 Å². The zero-order valence-electron chi connectivity index (χ0n) is 23.6. The summed E-state index contributed by atoms with van der Waals surface area (Å²) >= 11 is 2.01. The van der Waals surface area contributed by atoms with E-state index in [-0.39, 0.29) is 46.0 Å². The third kappa shape index (κ3) is 4.67. The van der Waals surface area contributed by atoms with Crippen molar-refractivity contribution in [2.45, 2.75) is 83.0 Å². The van der Waals surface area contributed by atoms with Gasteiger partial charge in [0, 0.05) is 33.8 Å². The Hall–Kier alpha value is -3.16. The highest BCUT2D eigenvalue weighted by Crippen LogP contribution is 2.58. The average molecular weight is 678 g/mol. The second-order valence-corrected chi connectivity index (χ2v) is 14.0. The van der Waals surface area contributed by atoms with Crippen LogP contribution in [0.15, 0.2) is 32.6 Å². The Kier molecular flexibility index (Phi) is 6.44. The topological polar surface area (TPSA) is 116 Å². The van der Waals surface area contributed by atoms with Crippen LogP contribution in [-0.2, 0) is 11.8 Å². The quantitative estimate of drug-likeness (QED) is 0.382. The summed E-state index contributed by atoms with van der Waals surface area (Å²) in [7, 11) is 1.53. The monoisotopic (exact) mass is 677 g/mol. The predicted octanol–water partition coefficient (Wildman–Crippen LogP) is 4.61. The van der Waals surface area contributed by atoms with Crippen molar-refractivity contribution in [3.05, 3.63) is 64.3 Å². The van der Waals surface area contributed by atoms with Crippen LogP contribution in [0.2, 0.25) is 0 Å². The first-order valence-corrected chi connectivity index (χ1v) is 14.9. The first-order chi connectivity index (χ1) is 19.2. The van der Waals surface area contributed by atoms with Crippen molar-refractivity contribution in [3.8, 4) is 0 Å². The van der Waals surface area contributed by atoms with Crippen molar-refractivity contribution in [3.63, 3.8) is 0 Å². The Balaban J connectivity index is 1.53. The van der Waals surface area contributed by atoms with Crippen LogP contribution in [-0.4, -0.2) is 30.9 Å². The molecule has 0 saturated heterocycles. The minimum atomic E-state index is -0.647. The van der Waals surface area contributed by atoms with Gasteiger partial charge in [0.2, 0.25) is 0 Å². The zero-order valence-corrected chi connectivity index (χ0v) is 25.8. The lowest BCUT2D eigenvalue weighted by Crippen LogP contribution is -2.53. The Morgan fingerprint density at radius 1 is 1.10 bits per heavy atom. The number of aromatic nitrogens is 3. The highest BCUT2D eigenvalue weighted by Gasteiger charge is 2.58. The maximum Gasteiger partial charge on any atom is 0.408 e. The first kappa shape index (κ1) is 28.0. The molecule has 2 N–H and O–H groups in total. The fourth-order valence-electron chi connectivity index (χ4n) is 6.60. The Bertz CT molecular complexity index is 1790. The lowest BCUT2D eigenvalue weighted by Gasteiger charge is -2.39. The second kappa shape index (κ2) is 9.43. The van der Waals surface area contributed by atoms with E-state index in [1.807, 2.05) is 22.6 Å². The molecule has 0 radical (unpaired) electrons. The number of nitrogens with zero attached hydrogens (tertiary/aromatic N) is 3. The molecule has 12 heteroatoms. The lowest BCUT2D eigenvalue weighted by atomic mass is 9.77. The van der Waals surface area contributed by atoms with E-state index in [2.05, 4.69) is 10.6 Å². The molecule has 4 saturated carbocycles. The molecule has 1 amide bonds. The molecule has 0 aliphatic heterocycles. The highest BCUT2D eigenvalue weighted by molar-refractivity contribution is 14.1. The SMILES string of the molecule is Cc1c(=O)n(C)c(Nc2ccc(I)cc2F)c2c(=O)n(C3CC3)c(=O)n(C3CC4(NC(=O)OC(C)(C)C)CC3C4)c12. The van der Waals surface area contributed by atoms with Crippen LogP contribution in [0, 0.1) is 22.2 Å². The fourth-order valence-corrected chi connectivity index (χ4v) is 7.05. The van der Waals surface area contributed by atoms with Crippen LogP contribution >= 0.6 is 22.6 Å². The number of halogens is 2. The van der Waals surface area contributed by atoms with E-state index in [4.69, 9.17) is 4.74 Å². The third-order valence-corrected chi connectivity index (χ3v) is 9.19. The van der Waals surface area contributed by atoms with Gasteiger partial charge in [0.15, 0.2) is 0 Å². The molecule has 3 aromatic rings. The molecule has 1 atom stereocenters. The summed E-state index contributed by atoms with van der Waals surface area (Å²) in [5.41, 5.74) is -1.86. The van der Waals surface area contributed by atoms with Gasteiger partial charge in [-0.05, 0) is 107 Å². The molecule has 0 spiro atoms. The summed E-state index contributed by atoms with van der Waals surface area (Å²) in [5.74, 6) is -0.319. The zero-order chi connectivity index (χ0) is 29.6. The molecule has 41 heavy (non-hydrogen) atoms. The number of amides is 1. The van der Waals surface area contributed by atoms with Gasteiger partial charge in [-0.2, -0.15) is 0 Å². The van der Waals surface area contributed by atoms with Gasteiger partial charge >= 0.3 is 11.8 Å². The lowest BCUT2D eigenvalue weighted by molar-refractivity contribution is 0.0396. The molecule has 4 aliphatic carbocycles. The van der Waals surface area contributed by atoms with Gasteiger partial charge < -0.3 is 15.4 Å². The van der Waals surface area contributed by atoms with Gasteiger partial charge in [0.05, 0.1) is 11.2 Å². The number of benzene rings is 1. The summed E-state index contributed by atoms with van der Waals surface area (Å²) in [6, 6.07) is 4.08. The molecule has 2 aromatic heterocycles. The number of ether oxygens (including phenoxy) is 1. The molecule has 2 heterocycles. The van der Waals surface area contributed by atoms with Gasteiger partial charge in [0.1, 0.15) is 22.6 Å². The van der Waals surface area contributed by atoms with E-state index in [0.29, 0.717) is 35.7 Å². The minimum absolute atomic E-state index is 0.0736. The molecular weight excluding hydrogens is 644 g/mol. The Morgan fingerprint density at radius 2 is 1.78 bits per heavy atom. The van der Waals surface area contributed by atoms with Gasteiger partial charge in [0.25, 0.3) is 11.1 Å². The van der Waals surface area contributed by atoms with E-state index in [9.17, 15) is 23.6 Å². The Morgan fingerprint density at radius 3 is 2.39 bits per heavy atom. The van der Waals surface area contributed by atoms with Crippen molar-refractivity contribution in [1.82, 2.24) is 19.0 Å². The van der Waals surface area contributed by atoms with Crippen LogP contribution in [0.3, 0.4) is 0 Å². The largest absolute Gasteiger partial charge is 0.444 e. The van der Waals surface area contributed by atoms with Crippen LogP contribution < -0.4 is 27.4 Å². The van der Waals surface area contributed by atoms with E-state index in [1.54, 1.807) is 44.4 Å². The van der Waals surface area contributed by atoms with Crippen molar-refractivity contribution in [1.29, 1.82) is 0 Å². The predicted molar refractivity (Wildman–Crippen MR) is 162 cm³/mol. The van der Waals surface area contributed by atoms with E-state index in [1.165, 1.54) is 22.2 Å². The molecule has 2 bridgehead atoms. The number of carbonyl (C=O) groups excluding carboxylic acids is 1. The summed E-state index contributed by atoms with van der Waals surface area (Å²) in [6.45, 7) is 7.02. The standard InChI is InChI=1S/C29H33FIN5O5/c1-14-22-21(23(34(5)24(14)37)32-19-9-6-16(31)10-18(19)30)25(38)35(17-7-8-17)27(40)36(22)20-13-29(11-15(20)12-29)33-26(39)41-28(2,3)4/h6,9-10,15,17,20,32H,7-8,11-13H2,1-5H3,(H,33,39). The number of anilines is 2. The number of pyridine rings is 1. The maximum atomic E-state index is 14.9. The molecule has 4 aliphatic rings. The van der Waals surface area contributed by atoms with Crippen molar-refractivity contribution in [2.24, 2.45) is 13.0 Å². The smallest absolute Gasteiger partial charge is 0.408 e. The Labute approximate surface area is 249 Å². The molecule has 4 fully saturated rings. The fraction of sp³-hybridized carbons (Fsp3) is 0.517. The normalized spacial score (nSPS) is 23.4. The summed E-state index contributed by atoms with van der Waals surface area (Å²) in [6.07, 6.45) is 2.70. The molecule has 7 rings (SSSR count).